The first kappa shape index (κ1) is 11.7. The van der Waals surface area contributed by atoms with Crippen LogP contribution >= 0.6 is 0 Å². The van der Waals surface area contributed by atoms with E-state index >= 15 is 0 Å². The lowest BCUT2D eigenvalue weighted by Gasteiger charge is -2.17. The molecule has 1 unspecified atom stereocenters. The smallest absolute Gasteiger partial charge is 0.141 e. The first-order chi connectivity index (χ1) is 6.79. The van der Waals surface area contributed by atoms with Gasteiger partial charge >= 0.3 is 0 Å². The Labute approximate surface area is 87.0 Å². The quantitative estimate of drug-likeness (QED) is 0.656. The highest BCUT2D eigenvalue weighted by atomic mass is 16.5. The summed E-state index contributed by atoms with van der Waals surface area (Å²) in [6.45, 7) is 5.76. The highest BCUT2D eigenvalue weighted by Crippen LogP contribution is 2.23. The topological polar surface area (TPSA) is 26.3 Å². The highest BCUT2D eigenvalue weighted by Gasteiger charge is 2.28. The molecule has 82 valence electrons. The normalized spacial score (nSPS) is 21.8. The summed E-state index contributed by atoms with van der Waals surface area (Å²) in [7, 11) is 0. The second kappa shape index (κ2) is 6.18. The molecule has 2 nitrogen and oxygen atoms in total. The number of carbonyl (C=O) groups excluding carboxylic acids is 1. The van der Waals surface area contributed by atoms with Crippen molar-refractivity contribution in [1.82, 2.24) is 0 Å². The first-order valence-electron chi connectivity index (χ1n) is 5.91. The minimum Gasteiger partial charge on any atom is -0.381 e. The molecule has 1 atom stereocenters. The van der Waals surface area contributed by atoms with E-state index in [2.05, 4.69) is 13.8 Å². The Morgan fingerprint density at radius 3 is 2.43 bits per heavy atom. The average molecular weight is 198 g/mol. The van der Waals surface area contributed by atoms with Crippen LogP contribution in [0, 0.1) is 11.8 Å². The third kappa shape index (κ3) is 3.09. The zero-order chi connectivity index (χ0) is 10.4. The van der Waals surface area contributed by atoms with Crippen molar-refractivity contribution in [2.45, 2.75) is 46.0 Å². The van der Waals surface area contributed by atoms with Crippen molar-refractivity contribution >= 4 is 5.78 Å². The fourth-order valence-corrected chi connectivity index (χ4v) is 2.22. The number of Topliss-reactive ketones (excluding diaryl/α,β-unsaturated/α-hetero) is 1. The first-order valence-corrected chi connectivity index (χ1v) is 5.91. The Balaban J connectivity index is 2.43. The fraction of sp³-hybridized carbons (Fsp3) is 0.917. The average Bonchev–Trinajstić information content (AvgIpc) is 2.69. The summed E-state index contributed by atoms with van der Waals surface area (Å²) in [5.74, 6) is 0.973. The van der Waals surface area contributed by atoms with Crippen molar-refractivity contribution in [1.29, 1.82) is 0 Å². The molecule has 1 aliphatic heterocycles. The van der Waals surface area contributed by atoms with Crippen molar-refractivity contribution in [3.63, 3.8) is 0 Å². The Morgan fingerprint density at radius 1 is 1.36 bits per heavy atom. The lowest BCUT2D eigenvalue weighted by molar-refractivity contribution is -0.127. The van der Waals surface area contributed by atoms with Crippen molar-refractivity contribution in [3.8, 4) is 0 Å². The number of hydrogen-bond donors (Lipinski definition) is 0. The minimum atomic E-state index is 0.207. The van der Waals surface area contributed by atoms with Crippen molar-refractivity contribution in [2.75, 3.05) is 13.2 Å². The molecule has 1 rings (SSSR count). The standard InChI is InChI=1S/C12H22O2/c1-3-5-10(6-4-2)12(13)11-7-8-14-9-11/h10-11H,3-9H2,1-2H3. The molecule has 0 aromatic heterocycles. The fourth-order valence-electron chi connectivity index (χ4n) is 2.22. The predicted molar refractivity (Wildman–Crippen MR) is 57.2 cm³/mol. The van der Waals surface area contributed by atoms with Crippen LogP contribution in [0.1, 0.15) is 46.0 Å². The zero-order valence-corrected chi connectivity index (χ0v) is 9.42. The highest BCUT2D eigenvalue weighted by molar-refractivity contribution is 5.83. The van der Waals surface area contributed by atoms with Crippen molar-refractivity contribution in [3.05, 3.63) is 0 Å². The third-order valence-electron chi connectivity index (χ3n) is 3.01. The molecule has 2 heteroatoms. The van der Waals surface area contributed by atoms with Crippen LogP contribution in [0.2, 0.25) is 0 Å². The molecule has 1 saturated heterocycles. The van der Waals surface area contributed by atoms with Gasteiger partial charge in [-0.25, -0.2) is 0 Å². The van der Waals surface area contributed by atoms with E-state index in [-0.39, 0.29) is 5.92 Å². The maximum atomic E-state index is 12.0. The van der Waals surface area contributed by atoms with Gasteiger partial charge in [-0.1, -0.05) is 26.7 Å². The lowest BCUT2D eigenvalue weighted by atomic mass is 9.86. The molecule has 0 aromatic rings. The van der Waals surface area contributed by atoms with E-state index in [1.165, 1.54) is 0 Å². The van der Waals surface area contributed by atoms with E-state index in [1.54, 1.807) is 0 Å². The molecule has 14 heavy (non-hydrogen) atoms. The maximum Gasteiger partial charge on any atom is 0.141 e. The lowest BCUT2D eigenvalue weighted by Crippen LogP contribution is -2.23. The van der Waals surface area contributed by atoms with Gasteiger partial charge in [0.05, 0.1) is 6.61 Å². The molecule has 0 aromatic carbocycles. The van der Waals surface area contributed by atoms with Crippen LogP contribution in [-0.4, -0.2) is 19.0 Å². The molecule has 0 spiro atoms. The monoisotopic (exact) mass is 198 g/mol. The molecule has 1 fully saturated rings. The van der Waals surface area contributed by atoms with Crippen LogP contribution in [0.4, 0.5) is 0 Å². The van der Waals surface area contributed by atoms with Gasteiger partial charge in [0.15, 0.2) is 0 Å². The summed E-state index contributed by atoms with van der Waals surface area (Å²) in [6, 6.07) is 0. The number of rotatable bonds is 6. The summed E-state index contributed by atoms with van der Waals surface area (Å²) in [5, 5.41) is 0. The van der Waals surface area contributed by atoms with E-state index in [0.29, 0.717) is 18.3 Å². The van der Waals surface area contributed by atoms with E-state index in [4.69, 9.17) is 4.74 Å². The van der Waals surface area contributed by atoms with Crippen LogP contribution < -0.4 is 0 Å². The molecule has 1 heterocycles. The van der Waals surface area contributed by atoms with E-state index in [9.17, 15) is 4.79 Å². The van der Waals surface area contributed by atoms with Gasteiger partial charge in [0.1, 0.15) is 5.78 Å². The van der Waals surface area contributed by atoms with Crippen LogP contribution in [0.3, 0.4) is 0 Å². The largest absolute Gasteiger partial charge is 0.381 e. The molecule has 0 saturated carbocycles. The summed E-state index contributed by atoms with van der Waals surface area (Å²) in [5.41, 5.74) is 0. The van der Waals surface area contributed by atoms with Gasteiger partial charge in [-0.3, -0.25) is 4.79 Å². The van der Waals surface area contributed by atoms with Gasteiger partial charge in [-0.2, -0.15) is 0 Å². The van der Waals surface area contributed by atoms with Gasteiger partial charge < -0.3 is 4.74 Å². The van der Waals surface area contributed by atoms with Crippen LogP contribution in [0.15, 0.2) is 0 Å². The van der Waals surface area contributed by atoms with Crippen molar-refractivity contribution in [2.24, 2.45) is 11.8 Å². The van der Waals surface area contributed by atoms with Gasteiger partial charge in [0.2, 0.25) is 0 Å². The summed E-state index contributed by atoms with van der Waals surface area (Å²) < 4.78 is 5.26. The number of hydrogen-bond acceptors (Lipinski definition) is 2. The summed E-state index contributed by atoms with van der Waals surface area (Å²) in [6.07, 6.45) is 5.29. The Hall–Kier alpha value is -0.370. The summed E-state index contributed by atoms with van der Waals surface area (Å²) >= 11 is 0. The van der Waals surface area contributed by atoms with E-state index in [0.717, 1.165) is 38.7 Å². The zero-order valence-electron chi connectivity index (χ0n) is 9.42. The van der Waals surface area contributed by atoms with E-state index < -0.39 is 0 Å². The molecule has 0 radical (unpaired) electrons. The Kier molecular flexibility index (Phi) is 5.16. The van der Waals surface area contributed by atoms with Crippen molar-refractivity contribution < 1.29 is 9.53 Å². The number of carbonyl (C=O) groups is 1. The molecule has 0 aliphatic carbocycles. The maximum absolute atomic E-state index is 12.0. The van der Waals surface area contributed by atoms with Gasteiger partial charge in [0, 0.05) is 18.4 Å². The summed E-state index contributed by atoms with van der Waals surface area (Å²) in [4.78, 5) is 12.0. The molecular weight excluding hydrogens is 176 g/mol. The molecule has 0 amide bonds. The second-order valence-corrected chi connectivity index (χ2v) is 4.24. The second-order valence-electron chi connectivity index (χ2n) is 4.24. The number of ether oxygens (including phenoxy) is 1. The van der Waals surface area contributed by atoms with Crippen LogP contribution in [-0.2, 0) is 9.53 Å². The van der Waals surface area contributed by atoms with Gasteiger partial charge in [-0.05, 0) is 19.3 Å². The van der Waals surface area contributed by atoms with Gasteiger partial charge in [-0.15, -0.1) is 0 Å². The molecular formula is C12H22O2. The molecule has 0 N–H and O–H groups in total. The van der Waals surface area contributed by atoms with Gasteiger partial charge in [0.25, 0.3) is 0 Å². The Bertz CT molecular complexity index is 165. The van der Waals surface area contributed by atoms with Crippen LogP contribution in [0.5, 0.6) is 0 Å². The Morgan fingerprint density at radius 2 is 2.00 bits per heavy atom. The molecule has 1 aliphatic rings. The predicted octanol–water partition coefficient (Wildman–Crippen LogP) is 2.81. The van der Waals surface area contributed by atoms with E-state index in [1.807, 2.05) is 0 Å². The number of ketones is 1. The van der Waals surface area contributed by atoms with Crippen LogP contribution in [0.25, 0.3) is 0 Å². The molecule has 0 bridgehead atoms. The minimum absolute atomic E-state index is 0.207. The third-order valence-corrected chi connectivity index (χ3v) is 3.01. The SMILES string of the molecule is CCCC(CCC)C(=O)C1CCOC1.